The summed E-state index contributed by atoms with van der Waals surface area (Å²) in [6.45, 7) is 6.16. The average molecular weight is 280 g/mol. The van der Waals surface area contributed by atoms with E-state index in [2.05, 4.69) is 10.6 Å². The van der Waals surface area contributed by atoms with E-state index in [1.165, 1.54) is 0 Å². The van der Waals surface area contributed by atoms with E-state index in [-0.39, 0.29) is 24.8 Å². The standard InChI is InChI=1S/C15H24N2O3/c1-4-13(10-18)17-15(19)16-9-12-7-5-6-8-14(12)20-11(2)3/h5-8,11,13,18H,4,9-10H2,1-3H3,(H2,16,17,19). The highest BCUT2D eigenvalue weighted by molar-refractivity contribution is 5.74. The van der Waals surface area contributed by atoms with Crippen molar-refractivity contribution in [2.24, 2.45) is 0 Å². The highest BCUT2D eigenvalue weighted by atomic mass is 16.5. The minimum atomic E-state index is -0.287. The molecule has 0 aliphatic carbocycles. The van der Waals surface area contributed by atoms with Gasteiger partial charge in [-0.2, -0.15) is 0 Å². The molecule has 1 aromatic carbocycles. The molecule has 1 aromatic rings. The Kier molecular flexibility index (Phi) is 6.87. The van der Waals surface area contributed by atoms with E-state index in [1.54, 1.807) is 0 Å². The molecule has 112 valence electrons. The summed E-state index contributed by atoms with van der Waals surface area (Å²) in [5.74, 6) is 0.775. The third-order valence-corrected chi connectivity index (χ3v) is 2.82. The minimum Gasteiger partial charge on any atom is -0.491 e. The van der Waals surface area contributed by atoms with Crippen molar-refractivity contribution in [1.29, 1.82) is 0 Å². The number of carbonyl (C=O) groups is 1. The lowest BCUT2D eigenvalue weighted by molar-refractivity contribution is 0.214. The molecule has 0 radical (unpaired) electrons. The Hall–Kier alpha value is -1.75. The molecule has 5 heteroatoms. The highest BCUT2D eigenvalue weighted by Crippen LogP contribution is 2.18. The van der Waals surface area contributed by atoms with Crippen molar-refractivity contribution in [3.63, 3.8) is 0 Å². The summed E-state index contributed by atoms with van der Waals surface area (Å²) in [5, 5.41) is 14.5. The predicted molar refractivity (Wildman–Crippen MR) is 78.7 cm³/mol. The van der Waals surface area contributed by atoms with Gasteiger partial charge in [0, 0.05) is 12.1 Å². The molecule has 0 saturated carbocycles. The van der Waals surface area contributed by atoms with Gasteiger partial charge in [0.25, 0.3) is 0 Å². The molecule has 1 atom stereocenters. The molecule has 0 aromatic heterocycles. The summed E-state index contributed by atoms with van der Waals surface area (Å²) < 4.78 is 5.69. The van der Waals surface area contributed by atoms with Crippen molar-refractivity contribution < 1.29 is 14.6 Å². The van der Waals surface area contributed by atoms with Crippen molar-refractivity contribution in [2.75, 3.05) is 6.61 Å². The maximum Gasteiger partial charge on any atom is 0.315 e. The van der Waals surface area contributed by atoms with Crippen LogP contribution in [-0.2, 0) is 6.54 Å². The van der Waals surface area contributed by atoms with E-state index in [9.17, 15) is 4.79 Å². The number of nitrogens with one attached hydrogen (secondary N) is 2. The number of carbonyl (C=O) groups excluding carboxylic acids is 1. The largest absolute Gasteiger partial charge is 0.491 e. The van der Waals surface area contributed by atoms with Crippen LogP contribution in [0.4, 0.5) is 4.79 Å². The van der Waals surface area contributed by atoms with E-state index in [1.807, 2.05) is 45.0 Å². The number of ether oxygens (including phenoxy) is 1. The first-order valence-corrected chi connectivity index (χ1v) is 6.96. The molecule has 0 aliphatic rings. The molecule has 0 heterocycles. The number of para-hydroxylation sites is 1. The monoisotopic (exact) mass is 280 g/mol. The number of hydrogen-bond donors (Lipinski definition) is 3. The summed E-state index contributed by atoms with van der Waals surface area (Å²) in [5.41, 5.74) is 0.924. The van der Waals surface area contributed by atoms with E-state index in [4.69, 9.17) is 9.84 Å². The fourth-order valence-corrected chi connectivity index (χ4v) is 1.71. The zero-order valence-corrected chi connectivity index (χ0v) is 12.3. The van der Waals surface area contributed by atoms with Crippen LogP contribution >= 0.6 is 0 Å². The molecular weight excluding hydrogens is 256 g/mol. The van der Waals surface area contributed by atoms with E-state index >= 15 is 0 Å². The van der Waals surface area contributed by atoms with Gasteiger partial charge in [0.1, 0.15) is 5.75 Å². The Bertz CT molecular complexity index is 417. The van der Waals surface area contributed by atoms with Crippen LogP contribution in [0, 0.1) is 0 Å². The van der Waals surface area contributed by atoms with Gasteiger partial charge in [-0.05, 0) is 26.3 Å². The molecule has 20 heavy (non-hydrogen) atoms. The van der Waals surface area contributed by atoms with Gasteiger partial charge >= 0.3 is 6.03 Å². The second kappa shape index (κ2) is 8.43. The van der Waals surface area contributed by atoms with Crippen molar-refractivity contribution >= 4 is 6.03 Å². The Morgan fingerprint density at radius 1 is 1.35 bits per heavy atom. The van der Waals surface area contributed by atoms with Gasteiger partial charge in [-0.3, -0.25) is 0 Å². The molecule has 1 unspecified atom stereocenters. The second-order valence-corrected chi connectivity index (χ2v) is 4.89. The lowest BCUT2D eigenvalue weighted by atomic mass is 10.2. The van der Waals surface area contributed by atoms with Crippen LogP contribution in [0.3, 0.4) is 0 Å². The molecule has 0 fully saturated rings. The lowest BCUT2D eigenvalue weighted by Crippen LogP contribution is -2.43. The third kappa shape index (κ3) is 5.48. The van der Waals surface area contributed by atoms with Gasteiger partial charge in [0.2, 0.25) is 0 Å². The summed E-state index contributed by atoms with van der Waals surface area (Å²) in [7, 11) is 0. The van der Waals surface area contributed by atoms with Crippen LogP contribution < -0.4 is 15.4 Å². The number of aliphatic hydroxyl groups is 1. The number of aliphatic hydroxyl groups excluding tert-OH is 1. The molecule has 5 nitrogen and oxygen atoms in total. The van der Waals surface area contributed by atoms with Crippen molar-refractivity contribution in [2.45, 2.75) is 45.9 Å². The van der Waals surface area contributed by atoms with Crippen molar-refractivity contribution in [3.05, 3.63) is 29.8 Å². The van der Waals surface area contributed by atoms with Gasteiger partial charge in [0.05, 0.1) is 18.8 Å². The summed E-state index contributed by atoms with van der Waals surface area (Å²) >= 11 is 0. The fraction of sp³-hybridized carbons (Fsp3) is 0.533. The molecule has 0 spiro atoms. The Morgan fingerprint density at radius 3 is 2.65 bits per heavy atom. The van der Waals surface area contributed by atoms with E-state index in [0.717, 1.165) is 11.3 Å². The van der Waals surface area contributed by atoms with Crippen LogP contribution in [-0.4, -0.2) is 29.9 Å². The summed E-state index contributed by atoms with van der Waals surface area (Å²) in [6.07, 6.45) is 0.778. The zero-order valence-electron chi connectivity index (χ0n) is 12.3. The van der Waals surface area contributed by atoms with Crippen LogP contribution in [0.25, 0.3) is 0 Å². The zero-order chi connectivity index (χ0) is 15.0. The van der Waals surface area contributed by atoms with Gasteiger partial charge < -0.3 is 20.5 Å². The number of rotatable bonds is 7. The minimum absolute atomic E-state index is 0.0586. The lowest BCUT2D eigenvalue weighted by Gasteiger charge is -2.17. The second-order valence-electron chi connectivity index (χ2n) is 4.89. The van der Waals surface area contributed by atoms with E-state index in [0.29, 0.717) is 13.0 Å². The van der Waals surface area contributed by atoms with Crippen molar-refractivity contribution in [3.8, 4) is 5.75 Å². The third-order valence-electron chi connectivity index (χ3n) is 2.82. The molecule has 2 amide bonds. The number of urea groups is 1. The SMILES string of the molecule is CCC(CO)NC(=O)NCc1ccccc1OC(C)C. The Labute approximate surface area is 120 Å². The van der Waals surface area contributed by atoms with E-state index < -0.39 is 0 Å². The molecule has 0 saturated heterocycles. The van der Waals surface area contributed by atoms with Crippen LogP contribution in [0.2, 0.25) is 0 Å². The maximum atomic E-state index is 11.7. The molecule has 0 bridgehead atoms. The average Bonchev–Trinajstić information content (AvgIpc) is 2.43. The predicted octanol–water partition coefficient (Wildman–Crippen LogP) is 2.04. The van der Waals surface area contributed by atoms with Crippen LogP contribution in [0.5, 0.6) is 5.75 Å². The number of amides is 2. The van der Waals surface area contributed by atoms with Gasteiger partial charge in [0.15, 0.2) is 0 Å². The normalized spacial score (nSPS) is 12.1. The first-order chi connectivity index (χ1) is 9.56. The smallest absolute Gasteiger partial charge is 0.315 e. The molecule has 1 rings (SSSR count). The summed E-state index contributed by atoms with van der Waals surface area (Å²) in [4.78, 5) is 11.7. The topological polar surface area (TPSA) is 70.6 Å². The van der Waals surface area contributed by atoms with Gasteiger partial charge in [-0.1, -0.05) is 25.1 Å². The first kappa shape index (κ1) is 16.3. The molecule has 3 N–H and O–H groups in total. The van der Waals surface area contributed by atoms with Crippen molar-refractivity contribution in [1.82, 2.24) is 10.6 Å². The molecule has 0 aliphatic heterocycles. The van der Waals surface area contributed by atoms with Crippen LogP contribution in [0.15, 0.2) is 24.3 Å². The maximum absolute atomic E-state index is 11.7. The Balaban J connectivity index is 2.54. The number of benzene rings is 1. The van der Waals surface area contributed by atoms with Gasteiger partial charge in [-0.25, -0.2) is 4.79 Å². The van der Waals surface area contributed by atoms with Gasteiger partial charge in [-0.15, -0.1) is 0 Å². The van der Waals surface area contributed by atoms with Crippen LogP contribution in [0.1, 0.15) is 32.8 Å². The molecular formula is C15H24N2O3. The fourth-order valence-electron chi connectivity index (χ4n) is 1.71. The first-order valence-electron chi connectivity index (χ1n) is 6.96. The Morgan fingerprint density at radius 2 is 2.05 bits per heavy atom. The highest BCUT2D eigenvalue weighted by Gasteiger charge is 2.10. The number of hydrogen-bond acceptors (Lipinski definition) is 3. The quantitative estimate of drug-likeness (QED) is 0.716. The summed E-state index contributed by atoms with van der Waals surface area (Å²) in [6, 6.07) is 7.12.